The van der Waals surface area contributed by atoms with Crippen molar-refractivity contribution in [2.24, 2.45) is 5.92 Å². The molecule has 1 amide bonds. The van der Waals surface area contributed by atoms with E-state index in [0.29, 0.717) is 18.0 Å². The van der Waals surface area contributed by atoms with Gasteiger partial charge in [-0.05, 0) is 18.6 Å². The minimum atomic E-state index is -0.761. The first-order valence-corrected chi connectivity index (χ1v) is 8.24. The van der Waals surface area contributed by atoms with Crippen molar-refractivity contribution in [1.82, 2.24) is 15.3 Å². The van der Waals surface area contributed by atoms with Crippen LogP contribution in [0.15, 0.2) is 10.9 Å². The van der Waals surface area contributed by atoms with Crippen LogP contribution in [-0.4, -0.2) is 41.3 Å². The number of methoxy groups -OCH3 is 1. The number of hydrogen-bond acceptors (Lipinski definition) is 6. The number of ether oxygens (including phenoxy) is 1. The van der Waals surface area contributed by atoms with E-state index in [2.05, 4.69) is 15.3 Å². The first kappa shape index (κ1) is 18.2. The van der Waals surface area contributed by atoms with Crippen molar-refractivity contribution in [3.05, 3.63) is 27.9 Å². The molecule has 0 spiro atoms. The molecule has 1 heterocycles. The summed E-state index contributed by atoms with van der Waals surface area (Å²) in [4.78, 5) is 42.2. The Kier molecular flexibility index (Phi) is 7.10. The minimum absolute atomic E-state index is 0.00883. The second-order valence-electron chi connectivity index (χ2n) is 5.19. The van der Waals surface area contributed by atoms with E-state index < -0.39 is 23.5 Å². The Hall–Kier alpha value is -1.83. The fourth-order valence-electron chi connectivity index (χ4n) is 1.89. The lowest BCUT2D eigenvalue weighted by molar-refractivity contribution is -0.143. The van der Waals surface area contributed by atoms with E-state index in [1.54, 1.807) is 0 Å². The second-order valence-corrected chi connectivity index (χ2v) is 6.06. The number of nitrogens with zero attached hydrogens (tertiary/aromatic N) is 1. The second kappa shape index (κ2) is 8.57. The fourth-order valence-corrected chi connectivity index (χ4v) is 2.30. The number of hydrogen-bond donors (Lipinski definition) is 2. The molecule has 7 nitrogen and oxygen atoms in total. The third-order valence-corrected chi connectivity index (χ3v) is 3.36. The number of H-pyrrole nitrogens is 1. The van der Waals surface area contributed by atoms with Gasteiger partial charge in [0, 0.05) is 6.07 Å². The number of aromatic nitrogens is 2. The van der Waals surface area contributed by atoms with E-state index in [9.17, 15) is 14.4 Å². The van der Waals surface area contributed by atoms with Crippen molar-refractivity contribution in [2.45, 2.75) is 32.1 Å². The van der Waals surface area contributed by atoms with E-state index in [4.69, 9.17) is 4.74 Å². The average molecular weight is 327 g/mol. The first-order valence-electron chi connectivity index (χ1n) is 6.85. The van der Waals surface area contributed by atoms with Crippen molar-refractivity contribution >= 4 is 23.6 Å². The summed E-state index contributed by atoms with van der Waals surface area (Å²) in [6.07, 6.45) is 2.31. The maximum atomic E-state index is 12.2. The summed E-state index contributed by atoms with van der Waals surface area (Å²) in [7, 11) is 1.27. The number of nitrogens with one attached hydrogen (secondary N) is 2. The van der Waals surface area contributed by atoms with Gasteiger partial charge in [0.2, 0.25) is 0 Å². The molecule has 0 bridgehead atoms. The molecule has 0 aliphatic heterocycles. The van der Waals surface area contributed by atoms with E-state index >= 15 is 0 Å². The van der Waals surface area contributed by atoms with Crippen molar-refractivity contribution in [3.63, 3.8) is 0 Å². The highest BCUT2D eigenvalue weighted by molar-refractivity contribution is 7.97. The molecule has 22 heavy (non-hydrogen) atoms. The van der Waals surface area contributed by atoms with Crippen LogP contribution in [0.1, 0.15) is 36.6 Å². The topological polar surface area (TPSA) is 101 Å². The van der Waals surface area contributed by atoms with Crippen molar-refractivity contribution in [1.29, 1.82) is 0 Å². The quantitative estimate of drug-likeness (QED) is 0.723. The highest BCUT2D eigenvalue weighted by Gasteiger charge is 2.24. The summed E-state index contributed by atoms with van der Waals surface area (Å²) in [5.41, 5.74) is -0.409. The lowest BCUT2D eigenvalue weighted by Crippen LogP contribution is -2.43. The zero-order valence-electron chi connectivity index (χ0n) is 13.1. The van der Waals surface area contributed by atoms with E-state index in [-0.39, 0.29) is 11.6 Å². The zero-order chi connectivity index (χ0) is 16.7. The van der Waals surface area contributed by atoms with Gasteiger partial charge in [-0.3, -0.25) is 9.59 Å². The summed E-state index contributed by atoms with van der Waals surface area (Å²) < 4.78 is 4.69. The monoisotopic (exact) mass is 327 g/mol. The fraction of sp³-hybridized carbons (Fsp3) is 0.571. The Balaban J connectivity index is 2.94. The molecular formula is C14H21N3O4S. The maximum Gasteiger partial charge on any atom is 0.328 e. The van der Waals surface area contributed by atoms with Gasteiger partial charge < -0.3 is 15.0 Å². The van der Waals surface area contributed by atoms with E-state index in [1.165, 1.54) is 18.9 Å². The van der Waals surface area contributed by atoms with Gasteiger partial charge in [-0.2, -0.15) is 11.8 Å². The van der Waals surface area contributed by atoms with Gasteiger partial charge >= 0.3 is 5.97 Å². The molecule has 0 radical (unpaired) electrons. The molecule has 0 fully saturated rings. The molecule has 1 aromatic rings. The van der Waals surface area contributed by atoms with Crippen LogP contribution in [0.25, 0.3) is 0 Å². The summed E-state index contributed by atoms with van der Waals surface area (Å²) >= 11 is 1.48. The van der Waals surface area contributed by atoms with Gasteiger partial charge in [-0.1, -0.05) is 13.8 Å². The molecule has 0 saturated heterocycles. The van der Waals surface area contributed by atoms with Crippen molar-refractivity contribution in [3.8, 4) is 0 Å². The van der Waals surface area contributed by atoms with Crippen LogP contribution in [0.2, 0.25) is 0 Å². The molecule has 0 aromatic carbocycles. The average Bonchev–Trinajstić information content (AvgIpc) is 2.44. The number of carbonyl (C=O) groups excluding carboxylic acids is 2. The van der Waals surface area contributed by atoms with Crippen molar-refractivity contribution in [2.75, 3.05) is 13.4 Å². The van der Waals surface area contributed by atoms with Crippen LogP contribution >= 0.6 is 11.8 Å². The Morgan fingerprint density at radius 3 is 2.68 bits per heavy atom. The number of thioether (sulfide) groups is 1. The zero-order valence-corrected chi connectivity index (χ0v) is 14.0. The number of amides is 1. The van der Waals surface area contributed by atoms with Gasteiger partial charge in [0.05, 0.1) is 12.9 Å². The molecule has 1 rings (SSSR count). The van der Waals surface area contributed by atoms with Crippen LogP contribution in [0.4, 0.5) is 0 Å². The number of rotatable bonds is 7. The molecule has 1 aromatic heterocycles. The number of carbonyl (C=O) groups is 2. The third-order valence-electron chi connectivity index (χ3n) is 2.80. The van der Waals surface area contributed by atoms with Gasteiger partial charge in [0.15, 0.2) is 0 Å². The Bertz CT molecular complexity index is 586. The predicted molar refractivity (Wildman–Crippen MR) is 84.8 cm³/mol. The molecule has 122 valence electrons. The van der Waals surface area contributed by atoms with Crippen LogP contribution in [0, 0.1) is 5.92 Å². The van der Waals surface area contributed by atoms with Crippen LogP contribution in [-0.2, 0) is 15.3 Å². The first-order chi connectivity index (χ1) is 10.4. The summed E-state index contributed by atoms with van der Waals surface area (Å²) in [5, 5.41) is 2.58. The van der Waals surface area contributed by atoms with Gasteiger partial charge in [0.25, 0.3) is 11.5 Å². The molecule has 0 saturated carbocycles. The third kappa shape index (κ3) is 5.51. The highest BCUT2D eigenvalue weighted by Crippen LogP contribution is 2.08. The van der Waals surface area contributed by atoms with Gasteiger partial charge in [0.1, 0.15) is 17.6 Å². The van der Waals surface area contributed by atoms with Gasteiger partial charge in [-0.25, -0.2) is 9.78 Å². The van der Waals surface area contributed by atoms with Crippen LogP contribution < -0.4 is 10.9 Å². The largest absolute Gasteiger partial charge is 0.467 e. The molecule has 8 heteroatoms. The molecule has 1 unspecified atom stereocenters. The molecule has 0 aliphatic carbocycles. The Labute approximate surface area is 133 Å². The molecule has 2 N–H and O–H groups in total. The lowest BCUT2D eigenvalue weighted by Gasteiger charge is -2.18. The summed E-state index contributed by atoms with van der Waals surface area (Å²) in [6, 6.07) is 0.352. The highest BCUT2D eigenvalue weighted by atomic mass is 32.2. The number of esters is 1. The SMILES string of the molecule is COC(=O)C(CC(C)C)NC(=O)c1cc(=O)[nH]c(CSC)n1. The predicted octanol–water partition coefficient (Wildman–Crippen LogP) is 0.950. The maximum absolute atomic E-state index is 12.2. The minimum Gasteiger partial charge on any atom is -0.467 e. The van der Waals surface area contributed by atoms with Gasteiger partial charge in [-0.15, -0.1) is 0 Å². The van der Waals surface area contributed by atoms with Crippen molar-refractivity contribution < 1.29 is 14.3 Å². The Morgan fingerprint density at radius 2 is 2.14 bits per heavy atom. The molecular weight excluding hydrogens is 306 g/mol. The van der Waals surface area contributed by atoms with Crippen LogP contribution in [0.3, 0.4) is 0 Å². The molecule has 1 atom stereocenters. The van der Waals surface area contributed by atoms with E-state index in [1.807, 2.05) is 20.1 Å². The summed E-state index contributed by atoms with van der Waals surface area (Å²) in [5.74, 6) is 0.0240. The normalized spacial score (nSPS) is 12.0. The lowest BCUT2D eigenvalue weighted by atomic mass is 10.0. The molecule has 0 aliphatic rings. The van der Waals surface area contributed by atoms with Crippen LogP contribution in [0.5, 0.6) is 0 Å². The standard InChI is InChI=1S/C14H21N3O4S/c1-8(2)5-10(14(20)21-3)16-13(19)9-6-12(18)17-11(15-9)7-22-4/h6,8,10H,5,7H2,1-4H3,(H,16,19)(H,15,17,18). The summed E-state index contributed by atoms with van der Waals surface area (Å²) in [6.45, 7) is 3.87. The van der Waals surface area contributed by atoms with E-state index in [0.717, 1.165) is 6.07 Å². The smallest absolute Gasteiger partial charge is 0.328 e. The number of aromatic amines is 1. The Morgan fingerprint density at radius 1 is 1.45 bits per heavy atom.